The third-order valence-corrected chi connectivity index (χ3v) is 3.94. The second kappa shape index (κ2) is 2.69. The number of halogens is 1. The number of rotatable bonds is 1. The molecule has 0 radical (unpaired) electrons. The minimum Gasteiger partial charge on any atom is -0.305 e. The zero-order valence-corrected chi connectivity index (χ0v) is 10.5. The number of nitrogens with zero attached hydrogens (tertiary/aromatic N) is 1. The molecular formula is C14H10BrN. The zero-order valence-electron chi connectivity index (χ0n) is 8.87. The van der Waals surface area contributed by atoms with Crippen molar-refractivity contribution in [3.63, 3.8) is 0 Å². The standard InChI is InChI=1S/C14H10BrN/c1-8(15)9-6-7-11-10-4-2-3-5-12(10)16-13(9)14(11)16/h2-8H,1H3. The van der Waals surface area contributed by atoms with Gasteiger partial charge in [0.1, 0.15) is 0 Å². The first-order valence-electron chi connectivity index (χ1n) is 5.49. The summed E-state index contributed by atoms with van der Waals surface area (Å²) < 4.78 is 2.37. The maximum absolute atomic E-state index is 3.66. The lowest BCUT2D eigenvalue weighted by atomic mass is 10.1. The van der Waals surface area contributed by atoms with Gasteiger partial charge in [-0.25, -0.2) is 0 Å². The Kier molecular flexibility index (Phi) is 1.48. The molecule has 78 valence electrons. The van der Waals surface area contributed by atoms with Crippen molar-refractivity contribution in [2.45, 2.75) is 11.8 Å². The predicted molar refractivity (Wildman–Crippen MR) is 71.7 cm³/mol. The molecule has 1 aliphatic heterocycles. The summed E-state index contributed by atoms with van der Waals surface area (Å²) in [6.45, 7) is 2.18. The van der Waals surface area contributed by atoms with Gasteiger partial charge in [-0.2, -0.15) is 0 Å². The molecule has 2 heterocycles. The Balaban J connectivity index is 2.18. The highest BCUT2D eigenvalue weighted by molar-refractivity contribution is 9.09. The second-order valence-electron chi connectivity index (χ2n) is 4.37. The van der Waals surface area contributed by atoms with E-state index in [1.165, 1.54) is 33.1 Å². The van der Waals surface area contributed by atoms with Gasteiger partial charge in [0, 0.05) is 15.6 Å². The van der Waals surface area contributed by atoms with Crippen molar-refractivity contribution in [2.75, 3.05) is 0 Å². The van der Waals surface area contributed by atoms with Crippen molar-refractivity contribution in [1.82, 2.24) is 4.57 Å². The second-order valence-corrected chi connectivity index (χ2v) is 5.74. The molecule has 1 nitrogen and oxygen atoms in total. The average molecular weight is 272 g/mol. The summed E-state index contributed by atoms with van der Waals surface area (Å²) in [6.07, 6.45) is 0. The maximum Gasteiger partial charge on any atom is 0.0786 e. The van der Waals surface area contributed by atoms with Gasteiger partial charge in [0.05, 0.1) is 16.7 Å². The van der Waals surface area contributed by atoms with Gasteiger partial charge in [0.2, 0.25) is 0 Å². The molecule has 2 aromatic carbocycles. The smallest absolute Gasteiger partial charge is 0.0786 e. The number of aromatic nitrogens is 1. The van der Waals surface area contributed by atoms with Gasteiger partial charge < -0.3 is 4.57 Å². The molecule has 2 heteroatoms. The van der Waals surface area contributed by atoms with E-state index >= 15 is 0 Å². The first kappa shape index (κ1) is 8.82. The van der Waals surface area contributed by atoms with Crippen molar-refractivity contribution in [3.05, 3.63) is 42.0 Å². The number of alkyl halides is 1. The van der Waals surface area contributed by atoms with E-state index in [0.717, 1.165) is 0 Å². The Labute approximate surface area is 102 Å². The number of hydrogen-bond acceptors (Lipinski definition) is 0. The summed E-state index contributed by atoms with van der Waals surface area (Å²) in [6, 6.07) is 13.1. The van der Waals surface area contributed by atoms with Crippen molar-refractivity contribution < 1.29 is 0 Å². The molecule has 0 saturated carbocycles. The first-order valence-corrected chi connectivity index (χ1v) is 6.41. The van der Waals surface area contributed by atoms with E-state index < -0.39 is 0 Å². The fourth-order valence-corrected chi connectivity index (χ4v) is 3.05. The largest absolute Gasteiger partial charge is 0.305 e. The Morgan fingerprint density at radius 2 is 1.88 bits per heavy atom. The SMILES string of the molecule is CC(Br)c1ccc2c3ccccc3n3c2c1-3. The summed E-state index contributed by atoms with van der Waals surface area (Å²) in [4.78, 5) is 0.422. The summed E-state index contributed by atoms with van der Waals surface area (Å²) in [5, 5.41) is 2.77. The average Bonchev–Trinajstić information content (AvgIpc) is 2.92. The van der Waals surface area contributed by atoms with E-state index in [9.17, 15) is 0 Å². The van der Waals surface area contributed by atoms with Crippen LogP contribution in [0.4, 0.5) is 0 Å². The molecule has 0 saturated heterocycles. The van der Waals surface area contributed by atoms with E-state index in [4.69, 9.17) is 0 Å². The summed E-state index contributed by atoms with van der Waals surface area (Å²) >= 11 is 3.66. The number of hydrogen-bond donors (Lipinski definition) is 0. The molecule has 0 spiro atoms. The van der Waals surface area contributed by atoms with Gasteiger partial charge in [-0.15, -0.1) is 0 Å². The molecule has 1 aliphatic rings. The predicted octanol–water partition coefficient (Wildman–Crippen LogP) is 4.55. The monoisotopic (exact) mass is 271 g/mol. The summed E-state index contributed by atoms with van der Waals surface area (Å²) in [7, 11) is 0. The molecule has 0 amide bonds. The van der Waals surface area contributed by atoms with Gasteiger partial charge in [-0.1, -0.05) is 46.3 Å². The Morgan fingerprint density at radius 3 is 2.69 bits per heavy atom. The molecule has 0 bridgehead atoms. The van der Waals surface area contributed by atoms with Crippen molar-refractivity contribution in [1.29, 1.82) is 0 Å². The van der Waals surface area contributed by atoms with E-state index in [-0.39, 0.29) is 0 Å². The van der Waals surface area contributed by atoms with E-state index in [0.29, 0.717) is 4.83 Å². The first-order chi connectivity index (χ1) is 7.79. The molecule has 3 aromatic rings. The van der Waals surface area contributed by atoms with Crippen LogP contribution in [-0.2, 0) is 0 Å². The fourth-order valence-electron chi connectivity index (χ4n) is 2.69. The highest BCUT2D eigenvalue weighted by Crippen LogP contribution is 2.48. The number of benzene rings is 2. The third-order valence-electron chi connectivity index (χ3n) is 3.44. The quantitative estimate of drug-likeness (QED) is 0.448. The van der Waals surface area contributed by atoms with Gasteiger partial charge in [0.15, 0.2) is 0 Å². The van der Waals surface area contributed by atoms with Crippen LogP contribution >= 0.6 is 15.9 Å². The number of pyridine rings is 1. The van der Waals surface area contributed by atoms with Crippen LogP contribution in [0.5, 0.6) is 0 Å². The van der Waals surface area contributed by atoms with Gasteiger partial charge in [-0.3, -0.25) is 0 Å². The van der Waals surface area contributed by atoms with Gasteiger partial charge in [-0.05, 0) is 18.6 Å². The minimum absolute atomic E-state index is 0.422. The molecule has 1 atom stereocenters. The third kappa shape index (κ3) is 0.874. The fraction of sp³-hybridized carbons (Fsp3) is 0.143. The van der Waals surface area contributed by atoms with Crippen LogP contribution in [0.1, 0.15) is 17.3 Å². The van der Waals surface area contributed by atoms with Gasteiger partial charge >= 0.3 is 0 Å². The van der Waals surface area contributed by atoms with Crippen LogP contribution in [0.15, 0.2) is 36.4 Å². The number of para-hydroxylation sites is 1. The van der Waals surface area contributed by atoms with Gasteiger partial charge in [0.25, 0.3) is 0 Å². The van der Waals surface area contributed by atoms with Crippen LogP contribution in [0.25, 0.3) is 27.5 Å². The number of fused-ring (bicyclic) bond motifs is 4. The molecule has 1 unspecified atom stereocenters. The van der Waals surface area contributed by atoms with Crippen molar-refractivity contribution in [2.24, 2.45) is 0 Å². The lowest BCUT2D eigenvalue weighted by molar-refractivity contribution is 1.12. The Hall–Kier alpha value is -1.28. The molecule has 16 heavy (non-hydrogen) atoms. The molecule has 0 N–H and O–H groups in total. The van der Waals surface area contributed by atoms with E-state index in [1.54, 1.807) is 0 Å². The molecule has 0 fully saturated rings. The van der Waals surface area contributed by atoms with Crippen LogP contribution in [-0.4, -0.2) is 4.57 Å². The summed E-state index contributed by atoms with van der Waals surface area (Å²) in [5.41, 5.74) is 5.58. The van der Waals surface area contributed by atoms with Crippen LogP contribution in [0, 0.1) is 0 Å². The topological polar surface area (TPSA) is 4.93 Å². The van der Waals surface area contributed by atoms with Crippen LogP contribution in [0.2, 0.25) is 0 Å². The molecule has 1 aromatic heterocycles. The lowest BCUT2D eigenvalue weighted by Gasteiger charge is -2.04. The van der Waals surface area contributed by atoms with Crippen LogP contribution in [0.3, 0.4) is 0 Å². The van der Waals surface area contributed by atoms with E-state index in [2.05, 4.69) is 63.8 Å². The molecular weight excluding hydrogens is 262 g/mol. The molecule has 0 aliphatic carbocycles. The molecule has 4 rings (SSSR count). The maximum atomic E-state index is 3.66. The van der Waals surface area contributed by atoms with Crippen LogP contribution < -0.4 is 0 Å². The highest BCUT2D eigenvalue weighted by Gasteiger charge is 2.30. The Morgan fingerprint density at radius 1 is 1.06 bits per heavy atom. The minimum atomic E-state index is 0.422. The van der Waals surface area contributed by atoms with E-state index in [1.807, 2.05) is 0 Å². The normalized spacial score (nSPS) is 14.6. The summed E-state index contributed by atoms with van der Waals surface area (Å²) in [5.74, 6) is 0. The zero-order chi connectivity index (χ0) is 10.9. The Bertz CT molecular complexity index is 737. The van der Waals surface area contributed by atoms with Crippen molar-refractivity contribution >= 4 is 37.7 Å². The van der Waals surface area contributed by atoms with Crippen molar-refractivity contribution in [3.8, 4) is 5.69 Å². The highest BCUT2D eigenvalue weighted by atomic mass is 79.9. The lowest BCUT2D eigenvalue weighted by Crippen LogP contribution is -1.86.